The first-order chi connectivity index (χ1) is 10.8. The summed E-state index contributed by atoms with van der Waals surface area (Å²) in [5.41, 5.74) is 0.0380. The average molecular weight is 297 g/mol. The van der Waals surface area contributed by atoms with E-state index in [1.54, 1.807) is 4.68 Å². The second kappa shape index (κ2) is 5.84. The molecule has 0 spiro atoms. The van der Waals surface area contributed by atoms with Crippen molar-refractivity contribution in [3.8, 4) is 0 Å². The van der Waals surface area contributed by atoms with Crippen LogP contribution in [0.15, 0.2) is 35.3 Å². The molecule has 116 valence electrons. The fourth-order valence-corrected chi connectivity index (χ4v) is 4.30. The zero-order valence-corrected chi connectivity index (χ0v) is 12.9. The van der Waals surface area contributed by atoms with Crippen LogP contribution in [0.5, 0.6) is 0 Å². The molecule has 2 aromatic rings. The maximum atomic E-state index is 12.6. The van der Waals surface area contributed by atoms with Crippen LogP contribution in [0.1, 0.15) is 38.5 Å². The number of piperidine rings is 1. The summed E-state index contributed by atoms with van der Waals surface area (Å²) in [6.07, 6.45) is 9.79. The van der Waals surface area contributed by atoms with Crippen LogP contribution in [0, 0.1) is 5.92 Å². The van der Waals surface area contributed by atoms with Crippen molar-refractivity contribution in [2.24, 2.45) is 5.92 Å². The minimum absolute atomic E-state index is 0.0380. The predicted octanol–water partition coefficient (Wildman–Crippen LogP) is 3.01. The number of benzene rings is 1. The third kappa shape index (κ3) is 2.45. The van der Waals surface area contributed by atoms with E-state index in [4.69, 9.17) is 0 Å². The molecule has 4 heteroatoms. The van der Waals surface area contributed by atoms with Crippen molar-refractivity contribution in [3.63, 3.8) is 0 Å². The molecule has 4 rings (SSSR count). The SMILES string of the molecule is O=c1c2ccccc2cnn1CN1CCCC2CCCCC21. The lowest BCUT2D eigenvalue weighted by molar-refractivity contribution is 0.0316. The summed E-state index contributed by atoms with van der Waals surface area (Å²) < 4.78 is 1.65. The summed E-state index contributed by atoms with van der Waals surface area (Å²) in [4.78, 5) is 15.1. The second-order valence-corrected chi connectivity index (χ2v) is 6.74. The van der Waals surface area contributed by atoms with Crippen LogP contribution in [0.25, 0.3) is 10.8 Å². The summed E-state index contributed by atoms with van der Waals surface area (Å²) >= 11 is 0. The molecular formula is C18H23N3O. The number of nitrogens with zero attached hydrogens (tertiary/aromatic N) is 3. The number of hydrogen-bond acceptors (Lipinski definition) is 3. The van der Waals surface area contributed by atoms with E-state index in [-0.39, 0.29) is 5.56 Å². The Labute approximate surface area is 130 Å². The zero-order valence-electron chi connectivity index (χ0n) is 12.9. The molecule has 2 aliphatic rings. The van der Waals surface area contributed by atoms with E-state index in [1.807, 2.05) is 30.5 Å². The molecule has 0 radical (unpaired) electrons. The maximum Gasteiger partial charge on any atom is 0.275 e. The Morgan fingerprint density at radius 3 is 2.86 bits per heavy atom. The van der Waals surface area contributed by atoms with E-state index in [1.165, 1.54) is 38.5 Å². The Kier molecular flexibility index (Phi) is 3.70. The van der Waals surface area contributed by atoms with E-state index < -0.39 is 0 Å². The van der Waals surface area contributed by atoms with Gasteiger partial charge in [-0.15, -0.1) is 0 Å². The van der Waals surface area contributed by atoms with Crippen molar-refractivity contribution in [2.75, 3.05) is 6.54 Å². The monoisotopic (exact) mass is 297 g/mol. The lowest BCUT2D eigenvalue weighted by Gasteiger charge is -2.44. The molecule has 2 atom stereocenters. The van der Waals surface area contributed by atoms with Crippen molar-refractivity contribution < 1.29 is 0 Å². The number of likely N-dealkylation sites (tertiary alicyclic amines) is 1. The van der Waals surface area contributed by atoms with E-state index in [0.717, 1.165) is 23.2 Å². The van der Waals surface area contributed by atoms with Gasteiger partial charge in [0.05, 0.1) is 18.3 Å². The molecule has 1 saturated carbocycles. The standard InChI is InChI=1S/C18H23N3O/c22-18-16-9-3-1-7-15(16)12-19-21(18)13-20-11-5-8-14-6-2-4-10-17(14)20/h1,3,7,9,12,14,17H,2,4-6,8,10-11,13H2. The van der Waals surface area contributed by atoms with Crippen LogP contribution >= 0.6 is 0 Å². The smallest absolute Gasteiger partial charge is 0.275 e. The highest BCUT2D eigenvalue weighted by Crippen LogP contribution is 2.35. The van der Waals surface area contributed by atoms with Gasteiger partial charge in [-0.2, -0.15) is 5.10 Å². The summed E-state index contributed by atoms with van der Waals surface area (Å²) in [7, 11) is 0. The fourth-order valence-electron chi connectivity index (χ4n) is 4.30. The first kappa shape index (κ1) is 13.9. The molecule has 1 saturated heterocycles. The lowest BCUT2D eigenvalue weighted by Crippen LogP contribution is -2.48. The van der Waals surface area contributed by atoms with Crippen molar-refractivity contribution >= 4 is 10.8 Å². The predicted molar refractivity (Wildman–Crippen MR) is 87.7 cm³/mol. The summed E-state index contributed by atoms with van der Waals surface area (Å²) in [6, 6.07) is 8.38. The number of aromatic nitrogens is 2. The molecule has 1 aliphatic heterocycles. The quantitative estimate of drug-likeness (QED) is 0.855. The first-order valence-electron chi connectivity index (χ1n) is 8.52. The van der Waals surface area contributed by atoms with Crippen LogP contribution < -0.4 is 5.56 Å². The first-order valence-corrected chi connectivity index (χ1v) is 8.52. The number of fused-ring (bicyclic) bond motifs is 2. The lowest BCUT2D eigenvalue weighted by atomic mass is 9.78. The van der Waals surface area contributed by atoms with Gasteiger partial charge in [0, 0.05) is 18.0 Å². The van der Waals surface area contributed by atoms with Gasteiger partial charge in [0.15, 0.2) is 0 Å². The summed E-state index contributed by atoms with van der Waals surface area (Å²) in [5.74, 6) is 0.832. The number of hydrogen-bond donors (Lipinski definition) is 0. The molecule has 1 aliphatic carbocycles. The van der Waals surface area contributed by atoms with Crippen LogP contribution in [-0.2, 0) is 6.67 Å². The highest BCUT2D eigenvalue weighted by molar-refractivity contribution is 5.80. The van der Waals surface area contributed by atoms with Gasteiger partial charge in [-0.1, -0.05) is 31.0 Å². The normalized spacial score (nSPS) is 26.0. The Balaban J connectivity index is 1.62. The molecule has 2 unspecified atom stereocenters. The zero-order chi connectivity index (χ0) is 14.9. The van der Waals surface area contributed by atoms with Crippen LogP contribution in [-0.4, -0.2) is 27.3 Å². The van der Waals surface area contributed by atoms with Gasteiger partial charge >= 0.3 is 0 Å². The molecule has 2 fully saturated rings. The van der Waals surface area contributed by atoms with E-state index in [2.05, 4.69) is 10.00 Å². The topological polar surface area (TPSA) is 38.1 Å². The molecule has 0 bridgehead atoms. The average Bonchev–Trinajstić information content (AvgIpc) is 2.58. The van der Waals surface area contributed by atoms with E-state index in [9.17, 15) is 4.79 Å². The van der Waals surface area contributed by atoms with Gasteiger partial charge < -0.3 is 0 Å². The second-order valence-electron chi connectivity index (χ2n) is 6.74. The molecule has 22 heavy (non-hydrogen) atoms. The van der Waals surface area contributed by atoms with Gasteiger partial charge in [-0.25, -0.2) is 4.68 Å². The highest BCUT2D eigenvalue weighted by atomic mass is 16.1. The van der Waals surface area contributed by atoms with Crippen LogP contribution in [0.4, 0.5) is 0 Å². The molecule has 0 amide bonds. The Morgan fingerprint density at radius 2 is 1.91 bits per heavy atom. The molecule has 1 aromatic carbocycles. The Morgan fingerprint density at radius 1 is 1.09 bits per heavy atom. The molecular weight excluding hydrogens is 274 g/mol. The van der Waals surface area contributed by atoms with Crippen LogP contribution in [0.3, 0.4) is 0 Å². The van der Waals surface area contributed by atoms with Gasteiger partial charge in [0.25, 0.3) is 5.56 Å². The van der Waals surface area contributed by atoms with Crippen molar-refractivity contribution in [2.45, 2.75) is 51.2 Å². The van der Waals surface area contributed by atoms with Crippen molar-refractivity contribution in [1.29, 1.82) is 0 Å². The van der Waals surface area contributed by atoms with Crippen molar-refractivity contribution in [3.05, 3.63) is 40.8 Å². The van der Waals surface area contributed by atoms with Crippen molar-refractivity contribution in [1.82, 2.24) is 14.7 Å². The fraction of sp³-hybridized carbons (Fsp3) is 0.556. The van der Waals surface area contributed by atoms with Gasteiger partial charge in [-0.3, -0.25) is 9.69 Å². The third-order valence-electron chi connectivity index (χ3n) is 5.44. The minimum atomic E-state index is 0.0380. The van der Waals surface area contributed by atoms with E-state index in [0.29, 0.717) is 12.7 Å². The van der Waals surface area contributed by atoms with E-state index >= 15 is 0 Å². The Bertz CT molecular complexity index is 722. The largest absolute Gasteiger partial charge is 0.281 e. The molecule has 0 N–H and O–H groups in total. The molecule has 1 aromatic heterocycles. The van der Waals surface area contributed by atoms with Gasteiger partial charge in [0.2, 0.25) is 0 Å². The maximum absolute atomic E-state index is 12.6. The summed E-state index contributed by atoms with van der Waals surface area (Å²) in [6.45, 7) is 1.74. The summed E-state index contributed by atoms with van der Waals surface area (Å²) in [5, 5.41) is 6.10. The minimum Gasteiger partial charge on any atom is -0.281 e. The highest BCUT2D eigenvalue weighted by Gasteiger charge is 2.33. The third-order valence-corrected chi connectivity index (χ3v) is 5.44. The van der Waals surface area contributed by atoms with Gasteiger partial charge in [0.1, 0.15) is 0 Å². The number of rotatable bonds is 2. The van der Waals surface area contributed by atoms with Crippen LogP contribution in [0.2, 0.25) is 0 Å². The van der Waals surface area contributed by atoms with Gasteiger partial charge in [-0.05, 0) is 37.7 Å². The Hall–Kier alpha value is -1.68. The molecule has 2 heterocycles. The molecule has 4 nitrogen and oxygen atoms in total.